The van der Waals surface area contributed by atoms with Crippen LogP contribution in [0.1, 0.15) is 31.2 Å². The highest BCUT2D eigenvalue weighted by Gasteiger charge is 2.14. The van der Waals surface area contributed by atoms with Crippen LogP contribution in [0.5, 0.6) is 0 Å². The van der Waals surface area contributed by atoms with Gasteiger partial charge in [-0.25, -0.2) is 0 Å². The fourth-order valence-electron chi connectivity index (χ4n) is 2.51. The highest BCUT2D eigenvalue weighted by atomic mass is 16.2. The van der Waals surface area contributed by atoms with Crippen LogP contribution in [0.2, 0.25) is 0 Å². The molecule has 2 N–H and O–H groups in total. The maximum atomic E-state index is 8.74. The lowest BCUT2D eigenvalue weighted by atomic mass is 10.1. The van der Waals surface area contributed by atoms with Crippen LogP contribution in [0.3, 0.4) is 0 Å². The van der Waals surface area contributed by atoms with E-state index < -0.39 is 0 Å². The average molecular weight is 248 g/mol. The van der Waals surface area contributed by atoms with Gasteiger partial charge in [-0.3, -0.25) is 0 Å². The molecule has 1 aliphatic rings. The number of unbranched alkanes of at least 4 members (excludes halogenated alkanes) is 1. The predicted octanol–water partition coefficient (Wildman–Crippen LogP) is 2.15. The van der Waals surface area contributed by atoms with Gasteiger partial charge in [0.15, 0.2) is 0 Å². The van der Waals surface area contributed by atoms with Crippen molar-refractivity contribution in [2.45, 2.75) is 32.2 Å². The first-order valence-corrected chi connectivity index (χ1v) is 7.06. The molecule has 0 amide bonds. The minimum atomic E-state index is 0.298. The van der Waals surface area contributed by atoms with Crippen molar-refractivity contribution in [1.82, 2.24) is 5.32 Å². The van der Waals surface area contributed by atoms with Gasteiger partial charge in [0.1, 0.15) is 0 Å². The molecule has 1 aliphatic heterocycles. The molecule has 0 saturated carbocycles. The fraction of sp³-hybridized carbons (Fsp3) is 0.600. The first-order valence-electron chi connectivity index (χ1n) is 7.06. The summed E-state index contributed by atoms with van der Waals surface area (Å²) >= 11 is 0. The molecule has 0 aromatic heterocycles. The molecule has 18 heavy (non-hydrogen) atoms. The molecule has 0 unspecified atom stereocenters. The van der Waals surface area contributed by atoms with E-state index in [0.29, 0.717) is 6.61 Å². The van der Waals surface area contributed by atoms with Gasteiger partial charge in [-0.05, 0) is 43.9 Å². The second-order valence-corrected chi connectivity index (χ2v) is 4.93. The molecule has 1 saturated heterocycles. The lowest BCUT2D eigenvalue weighted by Gasteiger charge is -2.21. The van der Waals surface area contributed by atoms with Gasteiger partial charge >= 0.3 is 0 Å². The van der Waals surface area contributed by atoms with Gasteiger partial charge in [0.25, 0.3) is 0 Å². The number of nitrogens with zero attached hydrogens (tertiary/aromatic N) is 1. The number of benzene rings is 1. The van der Waals surface area contributed by atoms with Crippen LogP contribution >= 0.6 is 0 Å². The maximum absolute atomic E-state index is 8.74. The van der Waals surface area contributed by atoms with E-state index >= 15 is 0 Å². The summed E-state index contributed by atoms with van der Waals surface area (Å²) in [6.07, 6.45) is 4.57. The van der Waals surface area contributed by atoms with Gasteiger partial charge in [-0.2, -0.15) is 0 Å². The Hall–Kier alpha value is -1.06. The lowest BCUT2D eigenvalue weighted by Crippen LogP contribution is -2.22. The molecule has 0 atom stereocenters. The maximum Gasteiger partial charge on any atom is 0.0431 e. The third-order valence-corrected chi connectivity index (χ3v) is 3.52. The van der Waals surface area contributed by atoms with Crippen molar-refractivity contribution in [2.75, 3.05) is 31.1 Å². The number of nitrogens with one attached hydrogen (secondary N) is 1. The molecule has 0 aliphatic carbocycles. The molecule has 2 rings (SSSR count). The third-order valence-electron chi connectivity index (χ3n) is 3.52. The van der Waals surface area contributed by atoms with Crippen molar-refractivity contribution in [1.29, 1.82) is 0 Å². The van der Waals surface area contributed by atoms with Crippen molar-refractivity contribution in [3.05, 3.63) is 29.8 Å². The van der Waals surface area contributed by atoms with Gasteiger partial charge in [0.05, 0.1) is 0 Å². The fourth-order valence-corrected chi connectivity index (χ4v) is 2.51. The van der Waals surface area contributed by atoms with Crippen molar-refractivity contribution in [3.8, 4) is 0 Å². The Morgan fingerprint density at radius 1 is 1.11 bits per heavy atom. The van der Waals surface area contributed by atoms with Gasteiger partial charge < -0.3 is 15.3 Å². The second kappa shape index (κ2) is 7.39. The van der Waals surface area contributed by atoms with Crippen LogP contribution in [0, 0.1) is 0 Å². The van der Waals surface area contributed by atoms with Crippen LogP contribution < -0.4 is 10.2 Å². The molecule has 1 aromatic rings. The first kappa shape index (κ1) is 13.4. The summed E-state index contributed by atoms with van der Waals surface area (Å²) in [5, 5.41) is 12.2. The smallest absolute Gasteiger partial charge is 0.0431 e. The van der Waals surface area contributed by atoms with Gasteiger partial charge in [0, 0.05) is 31.9 Å². The minimum absolute atomic E-state index is 0.298. The van der Waals surface area contributed by atoms with E-state index in [-0.39, 0.29) is 0 Å². The summed E-state index contributed by atoms with van der Waals surface area (Å²) < 4.78 is 0. The third kappa shape index (κ3) is 3.72. The summed E-state index contributed by atoms with van der Waals surface area (Å²) in [4.78, 5) is 2.49. The van der Waals surface area contributed by atoms with Crippen LogP contribution in [0.4, 0.5) is 5.69 Å². The largest absolute Gasteiger partial charge is 0.396 e. The number of aliphatic hydroxyl groups is 1. The average Bonchev–Trinajstić information content (AvgIpc) is 2.93. The molecule has 1 aromatic carbocycles. The monoisotopic (exact) mass is 248 g/mol. The molecule has 1 fully saturated rings. The molecular formula is C15H24N2O. The van der Waals surface area contributed by atoms with E-state index in [1.54, 1.807) is 0 Å². The molecule has 0 spiro atoms. The molecule has 100 valence electrons. The standard InChI is InChI=1S/C15H24N2O/c18-12-6-3-9-16-13-14-7-1-2-8-15(14)17-10-4-5-11-17/h1-2,7-8,16,18H,3-6,9-13H2. The summed E-state index contributed by atoms with van der Waals surface area (Å²) in [5.41, 5.74) is 2.79. The van der Waals surface area contributed by atoms with Crippen molar-refractivity contribution in [2.24, 2.45) is 0 Å². The highest BCUT2D eigenvalue weighted by molar-refractivity contribution is 5.54. The first-order chi connectivity index (χ1) is 8.92. The molecule has 0 radical (unpaired) electrons. The molecule has 3 nitrogen and oxygen atoms in total. The van der Waals surface area contributed by atoms with Crippen molar-refractivity contribution >= 4 is 5.69 Å². The normalized spacial score (nSPS) is 15.3. The van der Waals surface area contributed by atoms with Crippen molar-refractivity contribution < 1.29 is 5.11 Å². The molecule has 1 heterocycles. The van der Waals surface area contributed by atoms with E-state index in [2.05, 4.69) is 34.5 Å². The van der Waals surface area contributed by atoms with Gasteiger partial charge in [-0.1, -0.05) is 18.2 Å². The Kier molecular flexibility index (Phi) is 5.49. The molecule has 3 heteroatoms. The SMILES string of the molecule is OCCCCNCc1ccccc1N1CCCC1. The summed E-state index contributed by atoms with van der Waals surface area (Å²) in [7, 11) is 0. The molecule has 0 bridgehead atoms. The quantitative estimate of drug-likeness (QED) is 0.726. The van der Waals surface area contributed by atoms with E-state index in [1.807, 2.05) is 0 Å². The predicted molar refractivity (Wildman–Crippen MR) is 75.9 cm³/mol. The van der Waals surface area contributed by atoms with Crippen LogP contribution in [-0.2, 0) is 6.54 Å². The van der Waals surface area contributed by atoms with Crippen LogP contribution in [0.15, 0.2) is 24.3 Å². The summed E-state index contributed by atoms with van der Waals surface area (Å²) in [6.45, 7) is 4.60. The van der Waals surface area contributed by atoms with E-state index in [1.165, 1.54) is 37.2 Å². The zero-order valence-electron chi connectivity index (χ0n) is 11.1. The molecular weight excluding hydrogens is 224 g/mol. The van der Waals surface area contributed by atoms with E-state index in [0.717, 1.165) is 25.9 Å². The number of hydrogen-bond acceptors (Lipinski definition) is 3. The minimum Gasteiger partial charge on any atom is -0.396 e. The highest BCUT2D eigenvalue weighted by Crippen LogP contribution is 2.24. The number of para-hydroxylation sites is 1. The topological polar surface area (TPSA) is 35.5 Å². The van der Waals surface area contributed by atoms with E-state index in [4.69, 9.17) is 5.11 Å². The number of anilines is 1. The van der Waals surface area contributed by atoms with Gasteiger partial charge in [-0.15, -0.1) is 0 Å². The Morgan fingerprint density at radius 2 is 1.89 bits per heavy atom. The van der Waals surface area contributed by atoms with Crippen molar-refractivity contribution in [3.63, 3.8) is 0 Å². The summed E-state index contributed by atoms with van der Waals surface area (Å²) in [6, 6.07) is 8.69. The Morgan fingerprint density at radius 3 is 2.67 bits per heavy atom. The van der Waals surface area contributed by atoms with Crippen LogP contribution in [-0.4, -0.2) is 31.3 Å². The van der Waals surface area contributed by atoms with E-state index in [9.17, 15) is 0 Å². The van der Waals surface area contributed by atoms with Gasteiger partial charge in [0.2, 0.25) is 0 Å². The number of hydrogen-bond donors (Lipinski definition) is 2. The number of rotatable bonds is 7. The Balaban J connectivity index is 1.86. The Bertz CT molecular complexity index is 348. The zero-order chi connectivity index (χ0) is 12.6. The summed E-state index contributed by atoms with van der Waals surface area (Å²) in [5.74, 6) is 0. The number of aliphatic hydroxyl groups excluding tert-OH is 1. The second-order valence-electron chi connectivity index (χ2n) is 4.93. The zero-order valence-corrected chi connectivity index (χ0v) is 11.1. The Labute approximate surface area is 110 Å². The van der Waals surface area contributed by atoms with Crippen LogP contribution in [0.25, 0.3) is 0 Å². The lowest BCUT2D eigenvalue weighted by molar-refractivity contribution is 0.283.